The maximum Gasteiger partial charge on any atom is 0.227 e. The quantitative estimate of drug-likeness (QED) is 0.841. The Morgan fingerprint density at radius 3 is 2.43 bits per heavy atom. The van der Waals surface area contributed by atoms with Crippen LogP contribution in [0, 0.1) is 11.6 Å². The minimum atomic E-state index is -0.929. The van der Waals surface area contributed by atoms with Crippen LogP contribution in [0.2, 0.25) is 0 Å². The molecule has 114 valence electrons. The number of carbonyl (C=O) groups excluding carboxylic acids is 1. The summed E-state index contributed by atoms with van der Waals surface area (Å²) in [5, 5.41) is 0. The fourth-order valence-corrected chi connectivity index (χ4v) is 2.49. The van der Waals surface area contributed by atoms with Gasteiger partial charge in [0.25, 0.3) is 0 Å². The van der Waals surface area contributed by atoms with Crippen molar-refractivity contribution in [2.75, 3.05) is 32.7 Å². The molecule has 0 atom stereocenters. The minimum Gasteiger partial charge on any atom is -0.392 e. The average molecular weight is 313 g/mol. The second-order valence-electron chi connectivity index (χ2n) is 5.05. The van der Waals surface area contributed by atoms with Crippen molar-refractivity contribution < 1.29 is 13.6 Å². The van der Waals surface area contributed by atoms with Gasteiger partial charge in [0.05, 0.1) is 11.4 Å². The van der Waals surface area contributed by atoms with E-state index in [1.54, 1.807) is 4.90 Å². The van der Waals surface area contributed by atoms with Gasteiger partial charge in [0.1, 0.15) is 0 Å². The van der Waals surface area contributed by atoms with Gasteiger partial charge in [-0.3, -0.25) is 9.69 Å². The van der Waals surface area contributed by atoms with Gasteiger partial charge in [0.2, 0.25) is 5.91 Å². The summed E-state index contributed by atoms with van der Waals surface area (Å²) >= 11 is 4.86. The van der Waals surface area contributed by atoms with Crippen LogP contribution in [-0.2, 0) is 11.2 Å². The smallest absolute Gasteiger partial charge is 0.227 e. The molecular formula is C14H17F2N3OS. The van der Waals surface area contributed by atoms with Crippen molar-refractivity contribution in [3.63, 3.8) is 0 Å². The Balaban J connectivity index is 1.87. The summed E-state index contributed by atoms with van der Waals surface area (Å²) in [7, 11) is 0. The Bertz CT molecular complexity index is 545. The first-order chi connectivity index (χ1) is 9.95. The fraction of sp³-hybridized carbons (Fsp3) is 0.429. The number of benzene rings is 1. The van der Waals surface area contributed by atoms with Crippen molar-refractivity contribution in [2.24, 2.45) is 5.73 Å². The third-order valence-electron chi connectivity index (χ3n) is 3.44. The van der Waals surface area contributed by atoms with Gasteiger partial charge in [-0.15, -0.1) is 0 Å². The highest BCUT2D eigenvalue weighted by Crippen LogP contribution is 2.11. The van der Waals surface area contributed by atoms with Gasteiger partial charge in [-0.25, -0.2) is 8.78 Å². The van der Waals surface area contributed by atoms with Crippen molar-refractivity contribution >= 4 is 23.1 Å². The van der Waals surface area contributed by atoms with Crippen LogP contribution in [0.1, 0.15) is 5.56 Å². The Labute approximate surface area is 127 Å². The molecule has 1 fully saturated rings. The van der Waals surface area contributed by atoms with Crippen molar-refractivity contribution in [3.8, 4) is 0 Å². The Hall–Kier alpha value is -1.60. The number of piperazine rings is 1. The van der Waals surface area contributed by atoms with Crippen molar-refractivity contribution in [1.82, 2.24) is 9.80 Å². The van der Waals surface area contributed by atoms with Crippen LogP contribution in [0.5, 0.6) is 0 Å². The molecule has 0 radical (unpaired) electrons. The molecule has 0 saturated carbocycles. The molecule has 1 aliphatic heterocycles. The van der Waals surface area contributed by atoms with E-state index in [0.717, 1.165) is 12.1 Å². The Morgan fingerprint density at radius 2 is 1.86 bits per heavy atom. The van der Waals surface area contributed by atoms with Crippen LogP contribution in [0.15, 0.2) is 18.2 Å². The van der Waals surface area contributed by atoms with Gasteiger partial charge in [-0.2, -0.15) is 0 Å². The summed E-state index contributed by atoms with van der Waals surface area (Å²) in [6.45, 7) is 3.15. The molecule has 1 aromatic carbocycles. The highest BCUT2D eigenvalue weighted by atomic mass is 32.1. The van der Waals surface area contributed by atoms with E-state index < -0.39 is 11.6 Å². The first kappa shape index (κ1) is 15.8. The van der Waals surface area contributed by atoms with Crippen LogP contribution >= 0.6 is 12.2 Å². The van der Waals surface area contributed by atoms with Crippen molar-refractivity contribution in [1.29, 1.82) is 0 Å². The summed E-state index contributed by atoms with van der Waals surface area (Å²) in [5.74, 6) is -1.92. The maximum absolute atomic E-state index is 13.1. The van der Waals surface area contributed by atoms with Gasteiger partial charge in [0, 0.05) is 32.7 Å². The van der Waals surface area contributed by atoms with E-state index in [0.29, 0.717) is 43.3 Å². The molecule has 2 N–H and O–H groups in total. The Morgan fingerprint density at radius 1 is 1.19 bits per heavy atom. The molecule has 0 spiro atoms. The molecule has 21 heavy (non-hydrogen) atoms. The van der Waals surface area contributed by atoms with Crippen LogP contribution in [0.3, 0.4) is 0 Å². The molecule has 1 saturated heterocycles. The molecule has 4 nitrogen and oxygen atoms in total. The van der Waals surface area contributed by atoms with Gasteiger partial charge in [-0.1, -0.05) is 18.3 Å². The number of rotatable bonds is 4. The summed E-state index contributed by atoms with van der Waals surface area (Å²) in [5.41, 5.74) is 5.97. The van der Waals surface area contributed by atoms with E-state index in [9.17, 15) is 13.6 Å². The SMILES string of the molecule is NC(=S)CN1CCN(C(=O)Cc2ccc(F)c(F)c2)CC1. The van der Waals surface area contributed by atoms with E-state index in [1.807, 2.05) is 0 Å². The number of amides is 1. The molecular weight excluding hydrogens is 296 g/mol. The standard InChI is InChI=1S/C14H17F2N3OS/c15-11-2-1-10(7-12(11)16)8-14(20)19-5-3-18(4-6-19)9-13(17)21/h1-2,7H,3-6,8-9H2,(H2,17,21). The second kappa shape index (κ2) is 6.91. The van der Waals surface area contributed by atoms with E-state index in [1.165, 1.54) is 6.07 Å². The van der Waals surface area contributed by atoms with Gasteiger partial charge in [0.15, 0.2) is 11.6 Å². The predicted octanol–water partition coefficient (Wildman–Crippen LogP) is 0.938. The first-order valence-electron chi connectivity index (χ1n) is 6.68. The van der Waals surface area contributed by atoms with E-state index in [4.69, 9.17) is 18.0 Å². The molecule has 1 heterocycles. The van der Waals surface area contributed by atoms with E-state index in [2.05, 4.69) is 4.90 Å². The van der Waals surface area contributed by atoms with Gasteiger partial charge >= 0.3 is 0 Å². The van der Waals surface area contributed by atoms with Gasteiger partial charge in [-0.05, 0) is 17.7 Å². The topological polar surface area (TPSA) is 49.6 Å². The predicted molar refractivity (Wildman–Crippen MR) is 79.9 cm³/mol. The van der Waals surface area contributed by atoms with Crippen molar-refractivity contribution in [2.45, 2.75) is 6.42 Å². The molecule has 0 aromatic heterocycles. The lowest BCUT2D eigenvalue weighted by Gasteiger charge is -2.34. The number of carbonyl (C=O) groups is 1. The van der Waals surface area contributed by atoms with Gasteiger partial charge < -0.3 is 10.6 Å². The first-order valence-corrected chi connectivity index (χ1v) is 7.09. The highest BCUT2D eigenvalue weighted by molar-refractivity contribution is 7.80. The van der Waals surface area contributed by atoms with E-state index >= 15 is 0 Å². The van der Waals surface area contributed by atoms with Crippen molar-refractivity contribution in [3.05, 3.63) is 35.4 Å². The molecule has 1 amide bonds. The summed E-state index contributed by atoms with van der Waals surface area (Å²) in [6, 6.07) is 3.54. The summed E-state index contributed by atoms with van der Waals surface area (Å²) in [4.78, 5) is 16.4. The maximum atomic E-state index is 13.1. The van der Waals surface area contributed by atoms with E-state index in [-0.39, 0.29) is 12.3 Å². The Kier molecular flexibility index (Phi) is 5.19. The third kappa shape index (κ3) is 4.44. The molecule has 1 aromatic rings. The lowest BCUT2D eigenvalue weighted by Crippen LogP contribution is -2.50. The zero-order valence-electron chi connectivity index (χ0n) is 11.5. The zero-order chi connectivity index (χ0) is 15.4. The second-order valence-corrected chi connectivity index (χ2v) is 5.57. The number of halogens is 2. The highest BCUT2D eigenvalue weighted by Gasteiger charge is 2.21. The minimum absolute atomic E-state index is 0.0759. The fourth-order valence-electron chi connectivity index (χ4n) is 2.31. The average Bonchev–Trinajstić information content (AvgIpc) is 2.43. The lowest BCUT2D eigenvalue weighted by atomic mass is 10.1. The van der Waals surface area contributed by atoms with Crippen LogP contribution in [0.25, 0.3) is 0 Å². The summed E-state index contributed by atoms with van der Waals surface area (Å²) < 4.78 is 26.0. The third-order valence-corrected chi connectivity index (χ3v) is 3.57. The molecule has 0 unspecified atom stereocenters. The largest absolute Gasteiger partial charge is 0.392 e. The zero-order valence-corrected chi connectivity index (χ0v) is 12.3. The normalized spacial score (nSPS) is 16.0. The molecule has 2 rings (SSSR count). The molecule has 7 heteroatoms. The van der Waals surface area contributed by atoms with Crippen LogP contribution < -0.4 is 5.73 Å². The monoisotopic (exact) mass is 313 g/mol. The number of thiocarbonyl (C=S) groups is 1. The molecule has 0 aliphatic carbocycles. The van der Waals surface area contributed by atoms with Crippen LogP contribution in [-0.4, -0.2) is 53.4 Å². The molecule has 1 aliphatic rings. The number of hydrogen-bond acceptors (Lipinski definition) is 3. The number of nitrogens with two attached hydrogens (primary N) is 1. The molecule has 0 bridgehead atoms. The number of nitrogens with zero attached hydrogens (tertiary/aromatic N) is 2. The number of hydrogen-bond donors (Lipinski definition) is 1. The summed E-state index contributed by atoms with van der Waals surface area (Å²) in [6.07, 6.45) is 0.0759. The lowest BCUT2D eigenvalue weighted by molar-refractivity contribution is -0.132. The van der Waals surface area contributed by atoms with Crippen LogP contribution in [0.4, 0.5) is 8.78 Å².